The molecule has 0 aliphatic carbocycles. The van der Waals surface area contributed by atoms with Crippen LogP contribution in [0.3, 0.4) is 0 Å². The van der Waals surface area contributed by atoms with Gasteiger partial charge in [0.25, 0.3) is 5.69 Å². The number of carbonyl (C=O) groups is 1. The fourth-order valence-corrected chi connectivity index (χ4v) is 3.62. The van der Waals surface area contributed by atoms with Crippen LogP contribution < -0.4 is 10.2 Å². The van der Waals surface area contributed by atoms with E-state index in [2.05, 4.69) is 16.5 Å². The Bertz CT molecular complexity index is 711. The number of nitro groups is 1. The molecule has 6 nitrogen and oxygen atoms in total. The van der Waals surface area contributed by atoms with Crippen LogP contribution in [0, 0.1) is 29.4 Å². The van der Waals surface area contributed by atoms with Gasteiger partial charge in [-0.3, -0.25) is 14.9 Å². The Morgan fingerprint density at radius 3 is 2.48 bits per heavy atom. The lowest BCUT2D eigenvalue weighted by molar-refractivity contribution is -0.386. The lowest BCUT2D eigenvalue weighted by Gasteiger charge is -2.26. The van der Waals surface area contributed by atoms with E-state index < -0.39 is 5.41 Å². The van der Waals surface area contributed by atoms with Gasteiger partial charge in [-0.1, -0.05) is 20.8 Å². The van der Waals surface area contributed by atoms with Gasteiger partial charge in [0.05, 0.1) is 21.9 Å². The summed E-state index contributed by atoms with van der Waals surface area (Å²) in [5.41, 5.74) is 3.37. The minimum absolute atomic E-state index is 0.120. The highest BCUT2D eigenvalue weighted by Gasteiger charge is 2.34. The van der Waals surface area contributed by atoms with Crippen molar-refractivity contribution in [3.8, 4) is 0 Å². The molecule has 0 atom stereocenters. The van der Waals surface area contributed by atoms with Gasteiger partial charge in [0.1, 0.15) is 0 Å². The molecule has 1 aromatic carbocycles. The third kappa shape index (κ3) is 3.76. The quantitative estimate of drug-likeness (QED) is 0.632. The van der Waals surface area contributed by atoms with Crippen molar-refractivity contribution >= 4 is 34.7 Å². The standard InChI is InChI=1S/C18H27N3O3S/c1-11-13-7-8-20(9-10-25-6)16(13)14(12(2)15(11)21(23)24)19-17(22)18(3,4)5/h7-10H2,1-6H3,(H,19,22). The second-order valence-corrected chi connectivity index (χ2v) is 8.48. The van der Waals surface area contributed by atoms with E-state index in [1.807, 2.05) is 27.7 Å². The molecule has 1 aromatic rings. The smallest absolute Gasteiger partial charge is 0.277 e. The van der Waals surface area contributed by atoms with Gasteiger partial charge in [0.15, 0.2) is 0 Å². The van der Waals surface area contributed by atoms with Crippen molar-refractivity contribution in [3.05, 3.63) is 26.8 Å². The predicted octanol–water partition coefficient (Wildman–Crippen LogP) is 3.92. The molecule has 0 saturated carbocycles. The number of fused-ring (bicyclic) bond motifs is 1. The van der Waals surface area contributed by atoms with E-state index in [0.717, 1.165) is 42.1 Å². The van der Waals surface area contributed by atoms with Gasteiger partial charge in [-0.2, -0.15) is 11.8 Å². The summed E-state index contributed by atoms with van der Waals surface area (Å²) in [6.45, 7) is 10.8. The molecule has 1 heterocycles. The SMILES string of the molecule is CSCCN1CCc2c(C)c([N+](=O)[O-])c(C)c(NC(=O)C(C)(C)C)c21. The largest absolute Gasteiger partial charge is 0.368 e. The number of nitrogens with one attached hydrogen (secondary N) is 1. The first-order valence-corrected chi connectivity index (χ1v) is 9.84. The van der Waals surface area contributed by atoms with Crippen molar-refractivity contribution < 1.29 is 9.72 Å². The molecule has 1 aliphatic heterocycles. The summed E-state index contributed by atoms with van der Waals surface area (Å²) in [6, 6.07) is 0. The van der Waals surface area contributed by atoms with Crippen molar-refractivity contribution in [2.75, 3.05) is 35.3 Å². The summed E-state index contributed by atoms with van der Waals surface area (Å²) in [6.07, 6.45) is 2.83. The Balaban J connectivity index is 2.62. The number of carbonyl (C=O) groups excluding carboxylic acids is 1. The summed E-state index contributed by atoms with van der Waals surface area (Å²) in [5.74, 6) is 0.842. The predicted molar refractivity (Wildman–Crippen MR) is 105 cm³/mol. The molecule has 1 amide bonds. The lowest BCUT2D eigenvalue weighted by atomic mass is 9.93. The highest BCUT2D eigenvalue weighted by atomic mass is 32.2. The minimum atomic E-state index is -0.568. The van der Waals surface area contributed by atoms with E-state index >= 15 is 0 Å². The molecule has 2 rings (SSSR count). The fraction of sp³-hybridized carbons (Fsp3) is 0.611. The Hall–Kier alpha value is -1.76. The number of rotatable bonds is 5. The van der Waals surface area contributed by atoms with E-state index in [9.17, 15) is 14.9 Å². The number of hydrogen-bond acceptors (Lipinski definition) is 5. The zero-order valence-corrected chi connectivity index (χ0v) is 16.7. The van der Waals surface area contributed by atoms with Crippen LogP contribution in [-0.2, 0) is 11.2 Å². The van der Waals surface area contributed by atoms with Gasteiger partial charge in [0, 0.05) is 29.8 Å². The second kappa shape index (κ2) is 7.23. The van der Waals surface area contributed by atoms with Crippen molar-refractivity contribution in [2.45, 2.75) is 41.0 Å². The summed E-state index contributed by atoms with van der Waals surface area (Å²) < 4.78 is 0. The van der Waals surface area contributed by atoms with Crippen LogP contribution in [0.4, 0.5) is 17.1 Å². The summed E-state index contributed by atoms with van der Waals surface area (Å²) in [7, 11) is 0. The van der Waals surface area contributed by atoms with Gasteiger partial charge < -0.3 is 10.2 Å². The third-order valence-electron chi connectivity index (χ3n) is 4.68. The fourth-order valence-electron chi connectivity index (χ4n) is 3.22. The lowest BCUT2D eigenvalue weighted by Crippen LogP contribution is -2.30. The Kier molecular flexibility index (Phi) is 5.66. The second-order valence-electron chi connectivity index (χ2n) is 7.49. The maximum atomic E-state index is 12.6. The molecule has 0 unspecified atom stereocenters. The number of hydrogen-bond donors (Lipinski definition) is 1. The molecule has 0 fully saturated rings. The summed E-state index contributed by atoms with van der Waals surface area (Å²) >= 11 is 1.77. The van der Waals surface area contributed by atoms with Crippen LogP contribution >= 0.6 is 11.8 Å². The van der Waals surface area contributed by atoms with E-state index in [1.165, 1.54) is 0 Å². The number of amides is 1. The molecular formula is C18H27N3O3S. The van der Waals surface area contributed by atoms with Gasteiger partial charge in [-0.05, 0) is 32.1 Å². The number of nitro benzene ring substituents is 1. The number of anilines is 2. The Morgan fingerprint density at radius 2 is 1.96 bits per heavy atom. The first kappa shape index (κ1) is 19.6. The van der Waals surface area contributed by atoms with E-state index in [4.69, 9.17) is 0 Å². The van der Waals surface area contributed by atoms with E-state index in [0.29, 0.717) is 11.3 Å². The molecule has 138 valence electrons. The molecular weight excluding hydrogens is 338 g/mol. The maximum absolute atomic E-state index is 12.6. The highest BCUT2D eigenvalue weighted by molar-refractivity contribution is 7.98. The number of benzene rings is 1. The maximum Gasteiger partial charge on any atom is 0.277 e. The van der Waals surface area contributed by atoms with Crippen LogP contribution in [0.1, 0.15) is 37.5 Å². The topological polar surface area (TPSA) is 75.5 Å². The van der Waals surface area contributed by atoms with Crippen molar-refractivity contribution in [3.63, 3.8) is 0 Å². The zero-order chi connectivity index (χ0) is 18.9. The zero-order valence-electron chi connectivity index (χ0n) is 15.9. The molecule has 0 radical (unpaired) electrons. The molecule has 1 aliphatic rings. The number of thioether (sulfide) groups is 1. The average molecular weight is 365 g/mol. The first-order valence-electron chi connectivity index (χ1n) is 8.45. The van der Waals surface area contributed by atoms with Crippen molar-refractivity contribution in [1.29, 1.82) is 0 Å². The molecule has 25 heavy (non-hydrogen) atoms. The van der Waals surface area contributed by atoms with Gasteiger partial charge in [0.2, 0.25) is 5.91 Å². The molecule has 1 N–H and O–H groups in total. The van der Waals surface area contributed by atoms with Gasteiger partial charge in [-0.15, -0.1) is 0 Å². The third-order valence-corrected chi connectivity index (χ3v) is 5.27. The highest BCUT2D eigenvalue weighted by Crippen LogP contribution is 2.45. The average Bonchev–Trinajstić information content (AvgIpc) is 2.92. The van der Waals surface area contributed by atoms with Gasteiger partial charge >= 0.3 is 0 Å². The van der Waals surface area contributed by atoms with Crippen LogP contribution in [-0.4, -0.2) is 35.9 Å². The summed E-state index contributed by atoms with van der Waals surface area (Å²) in [5, 5.41) is 14.6. The van der Waals surface area contributed by atoms with Crippen LogP contribution in [0.15, 0.2) is 0 Å². The minimum Gasteiger partial charge on any atom is -0.368 e. The van der Waals surface area contributed by atoms with E-state index in [1.54, 1.807) is 18.7 Å². The number of nitrogens with zero attached hydrogens (tertiary/aromatic N) is 2. The molecule has 0 spiro atoms. The van der Waals surface area contributed by atoms with Gasteiger partial charge in [-0.25, -0.2) is 0 Å². The Morgan fingerprint density at radius 1 is 1.32 bits per heavy atom. The molecule has 7 heteroatoms. The first-order chi connectivity index (χ1) is 11.6. The summed E-state index contributed by atoms with van der Waals surface area (Å²) in [4.78, 5) is 26.1. The van der Waals surface area contributed by atoms with Crippen LogP contribution in [0.2, 0.25) is 0 Å². The van der Waals surface area contributed by atoms with Crippen molar-refractivity contribution in [2.24, 2.45) is 5.41 Å². The van der Waals surface area contributed by atoms with Crippen LogP contribution in [0.5, 0.6) is 0 Å². The van der Waals surface area contributed by atoms with E-state index in [-0.39, 0.29) is 16.5 Å². The molecule has 0 bridgehead atoms. The molecule has 0 aromatic heterocycles. The van der Waals surface area contributed by atoms with Crippen LogP contribution in [0.25, 0.3) is 0 Å². The monoisotopic (exact) mass is 365 g/mol. The normalized spacial score (nSPS) is 13.8. The molecule has 0 saturated heterocycles. The Labute approximate surface area is 153 Å². The van der Waals surface area contributed by atoms with Crippen molar-refractivity contribution in [1.82, 2.24) is 0 Å².